The molecule has 118 valence electrons. The van der Waals surface area contributed by atoms with E-state index in [4.69, 9.17) is 5.73 Å². The second-order valence-electron chi connectivity index (χ2n) is 4.14. The summed E-state index contributed by atoms with van der Waals surface area (Å²) in [5, 5.41) is 0. The number of primary amides is 1. The number of methoxy groups -OCH3 is 1. The quantitative estimate of drug-likeness (QED) is 0.678. The number of esters is 1. The molecule has 0 aliphatic carbocycles. The zero-order valence-electron chi connectivity index (χ0n) is 11.7. The molecular weight excluding hydrogens is 318 g/mol. The molecule has 1 amide bonds. The lowest BCUT2D eigenvalue weighted by molar-refractivity contribution is -0.118. The minimum absolute atomic E-state index is 0.139. The van der Waals surface area contributed by atoms with Crippen molar-refractivity contribution in [2.45, 2.75) is 24.0 Å². The third kappa shape index (κ3) is 4.22. The molecule has 8 nitrogen and oxygen atoms in total. The molecule has 1 rings (SSSR count). The topological polar surface area (TPSA) is 120 Å². The molecule has 0 fully saturated rings. The first-order valence-electron chi connectivity index (χ1n) is 6.14. The van der Waals surface area contributed by atoms with Crippen LogP contribution in [0.25, 0.3) is 0 Å². The second-order valence-corrected chi connectivity index (χ2v) is 7.13. The molecule has 0 saturated carbocycles. The number of sulfonamides is 1. The van der Waals surface area contributed by atoms with Crippen LogP contribution in [0.5, 0.6) is 0 Å². The van der Waals surface area contributed by atoms with Crippen LogP contribution in [0.1, 0.15) is 30.3 Å². The fraction of sp³-hybridized carbons (Fsp3) is 0.545. The highest BCUT2D eigenvalue weighted by atomic mass is 32.2. The van der Waals surface area contributed by atoms with E-state index in [1.54, 1.807) is 0 Å². The van der Waals surface area contributed by atoms with Crippen molar-refractivity contribution in [2.24, 2.45) is 5.73 Å². The lowest BCUT2D eigenvalue weighted by Crippen LogP contribution is -2.39. The molecule has 0 aliphatic rings. The van der Waals surface area contributed by atoms with Crippen LogP contribution >= 0.6 is 11.3 Å². The van der Waals surface area contributed by atoms with E-state index < -0.39 is 28.4 Å². The number of hydrogen-bond acceptors (Lipinski definition) is 7. The summed E-state index contributed by atoms with van der Waals surface area (Å²) in [6.07, 6.45) is 1.32. The van der Waals surface area contributed by atoms with Crippen molar-refractivity contribution in [3.8, 4) is 0 Å². The van der Waals surface area contributed by atoms with Crippen molar-refractivity contribution in [3.05, 3.63) is 11.2 Å². The van der Waals surface area contributed by atoms with Gasteiger partial charge in [0.25, 0.3) is 10.0 Å². The molecular formula is C11H17N3O5S2. The summed E-state index contributed by atoms with van der Waals surface area (Å²) in [5.41, 5.74) is 6.04. The van der Waals surface area contributed by atoms with E-state index in [1.807, 2.05) is 6.92 Å². The third-order valence-corrected chi connectivity index (χ3v) is 5.77. The Morgan fingerprint density at radius 2 is 2.14 bits per heavy atom. The SMILES string of the molecule is CCCCN(CC(N)=O)S(=O)(=O)c1scnc1C(=O)OC. The number of nitrogens with two attached hydrogens (primary N) is 1. The van der Waals surface area contributed by atoms with Gasteiger partial charge in [0.05, 0.1) is 19.2 Å². The summed E-state index contributed by atoms with van der Waals surface area (Å²) in [5.74, 6) is -1.61. The maximum absolute atomic E-state index is 12.6. The molecule has 1 aromatic rings. The Morgan fingerprint density at radius 1 is 1.48 bits per heavy atom. The van der Waals surface area contributed by atoms with Gasteiger partial charge in [-0.2, -0.15) is 4.31 Å². The lowest BCUT2D eigenvalue weighted by atomic mass is 10.3. The summed E-state index contributed by atoms with van der Waals surface area (Å²) < 4.78 is 30.3. The van der Waals surface area contributed by atoms with Crippen LogP contribution < -0.4 is 5.73 Å². The van der Waals surface area contributed by atoms with Crippen LogP contribution in [0.15, 0.2) is 9.72 Å². The van der Waals surface area contributed by atoms with Crippen LogP contribution in [-0.4, -0.2) is 49.8 Å². The number of thiazole rings is 1. The zero-order chi connectivity index (χ0) is 16.0. The summed E-state index contributed by atoms with van der Waals surface area (Å²) in [4.78, 5) is 26.3. The van der Waals surface area contributed by atoms with Crippen LogP contribution in [0.2, 0.25) is 0 Å². The first-order valence-corrected chi connectivity index (χ1v) is 8.46. The Hall–Kier alpha value is -1.52. The normalized spacial score (nSPS) is 11.6. The fourth-order valence-electron chi connectivity index (χ4n) is 1.56. The molecule has 1 aromatic heterocycles. The molecule has 0 bridgehead atoms. The Balaban J connectivity index is 3.19. The zero-order valence-corrected chi connectivity index (χ0v) is 13.4. The van der Waals surface area contributed by atoms with Gasteiger partial charge in [-0.1, -0.05) is 13.3 Å². The van der Waals surface area contributed by atoms with Crippen LogP contribution in [-0.2, 0) is 19.6 Å². The van der Waals surface area contributed by atoms with E-state index in [-0.39, 0.29) is 16.4 Å². The fourth-order valence-corrected chi connectivity index (χ4v) is 4.28. The molecule has 0 radical (unpaired) electrons. The van der Waals surface area contributed by atoms with Crippen molar-refractivity contribution in [1.29, 1.82) is 0 Å². The number of nitrogens with zero attached hydrogens (tertiary/aromatic N) is 2. The van der Waals surface area contributed by atoms with E-state index >= 15 is 0 Å². The van der Waals surface area contributed by atoms with Gasteiger partial charge in [-0.25, -0.2) is 18.2 Å². The van der Waals surface area contributed by atoms with Gasteiger partial charge in [-0.3, -0.25) is 4.79 Å². The number of unbranched alkanes of at least 4 members (excludes halogenated alkanes) is 1. The first-order chi connectivity index (χ1) is 9.84. The van der Waals surface area contributed by atoms with Crippen molar-refractivity contribution in [3.63, 3.8) is 0 Å². The smallest absolute Gasteiger partial charge is 0.358 e. The molecule has 1 heterocycles. The Kier molecular flexibility index (Phi) is 6.24. The average Bonchev–Trinajstić information content (AvgIpc) is 2.92. The second kappa shape index (κ2) is 7.48. The van der Waals surface area contributed by atoms with E-state index in [0.717, 1.165) is 29.2 Å². The highest BCUT2D eigenvalue weighted by Crippen LogP contribution is 2.25. The molecule has 0 spiro atoms. The number of ether oxygens (including phenoxy) is 1. The van der Waals surface area contributed by atoms with Crippen LogP contribution in [0, 0.1) is 0 Å². The molecule has 0 aliphatic heterocycles. The van der Waals surface area contributed by atoms with Gasteiger partial charge in [-0.05, 0) is 6.42 Å². The van der Waals surface area contributed by atoms with Gasteiger partial charge in [0.2, 0.25) is 5.91 Å². The van der Waals surface area contributed by atoms with E-state index in [2.05, 4.69) is 9.72 Å². The van der Waals surface area contributed by atoms with Crippen LogP contribution in [0.4, 0.5) is 0 Å². The van der Waals surface area contributed by atoms with Gasteiger partial charge >= 0.3 is 5.97 Å². The molecule has 0 aromatic carbocycles. The number of amides is 1. The summed E-state index contributed by atoms with van der Waals surface area (Å²) >= 11 is 0.795. The van der Waals surface area contributed by atoms with Gasteiger partial charge in [0.15, 0.2) is 9.90 Å². The first kappa shape index (κ1) is 17.5. The highest BCUT2D eigenvalue weighted by Gasteiger charge is 2.32. The van der Waals surface area contributed by atoms with Gasteiger partial charge in [0.1, 0.15) is 0 Å². The average molecular weight is 335 g/mol. The van der Waals surface area contributed by atoms with Crippen molar-refractivity contribution < 1.29 is 22.7 Å². The van der Waals surface area contributed by atoms with E-state index in [1.165, 1.54) is 5.51 Å². The van der Waals surface area contributed by atoms with Gasteiger partial charge in [-0.15, -0.1) is 11.3 Å². The summed E-state index contributed by atoms with van der Waals surface area (Å²) in [6.45, 7) is 1.59. The molecule has 0 saturated heterocycles. The number of hydrogen-bond donors (Lipinski definition) is 1. The van der Waals surface area contributed by atoms with E-state index in [9.17, 15) is 18.0 Å². The Morgan fingerprint density at radius 3 is 2.67 bits per heavy atom. The largest absolute Gasteiger partial charge is 0.464 e. The lowest BCUT2D eigenvalue weighted by Gasteiger charge is -2.19. The summed E-state index contributed by atoms with van der Waals surface area (Å²) in [7, 11) is -2.89. The van der Waals surface area contributed by atoms with Gasteiger partial charge < -0.3 is 10.5 Å². The highest BCUT2D eigenvalue weighted by molar-refractivity contribution is 7.91. The molecule has 0 unspecified atom stereocenters. The van der Waals surface area contributed by atoms with Crippen LogP contribution in [0.3, 0.4) is 0 Å². The molecule has 10 heteroatoms. The maximum atomic E-state index is 12.6. The minimum atomic E-state index is -4.02. The predicted molar refractivity (Wildman–Crippen MR) is 76.3 cm³/mol. The standard InChI is InChI=1S/C11H17N3O5S2/c1-3-4-5-14(6-8(12)15)21(17,18)11-9(10(16)19-2)13-7-20-11/h7H,3-6H2,1-2H3,(H2,12,15). The monoisotopic (exact) mass is 335 g/mol. The molecule has 21 heavy (non-hydrogen) atoms. The third-order valence-electron chi connectivity index (χ3n) is 2.58. The number of carbonyl (C=O) groups is 2. The summed E-state index contributed by atoms with van der Waals surface area (Å²) in [6, 6.07) is 0. The van der Waals surface area contributed by atoms with Crippen molar-refractivity contribution in [2.75, 3.05) is 20.2 Å². The Bertz CT molecular complexity index is 611. The molecule has 0 atom stereocenters. The molecule has 2 N–H and O–H groups in total. The Labute approximate surface area is 127 Å². The van der Waals surface area contributed by atoms with E-state index in [0.29, 0.717) is 6.42 Å². The number of rotatable bonds is 8. The minimum Gasteiger partial charge on any atom is -0.464 e. The van der Waals surface area contributed by atoms with Crippen molar-refractivity contribution in [1.82, 2.24) is 9.29 Å². The van der Waals surface area contributed by atoms with Gasteiger partial charge in [0, 0.05) is 6.54 Å². The van der Waals surface area contributed by atoms with Crippen molar-refractivity contribution >= 4 is 33.2 Å². The predicted octanol–water partition coefficient (Wildman–Crippen LogP) is 0.206. The number of carbonyl (C=O) groups excluding carboxylic acids is 2. The maximum Gasteiger partial charge on any atom is 0.358 e. The number of aromatic nitrogens is 1.